The summed E-state index contributed by atoms with van der Waals surface area (Å²) in [5, 5.41) is 1.88. The molecule has 0 amide bonds. The minimum Gasteiger partial charge on any atom is -0.483 e. The lowest BCUT2D eigenvalue weighted by molar-refractivity contribution is -0.137. The highest BCUT2D eigenvalue weighted by molar-refractivity contribution is 9.10. The van der Waals surface area contributed by atoms with Crippen molar-refractivity contribution in [1.29, 1.82) is 0 Å². The predicted molar refractivity (Wildman–Crippen MR) is 80.5 cm³/mol. The van der Waals surface area contributed by atoms with E-state index in [0.717, 1.165) is 21.5 Å². The van der Waals surface area contributed by atoms with Gasteiger partial charge in [0.2, 0.25) is 0 Å². The third-order valence-corrected chi connectivity index (χ3v) is 4.53. The van der Waals surface area contributed by atoms with E-state index in [1.165, 1.54) is 23.5 Å². The molecule has 2 aromatic rings. The van der Waals surface area contributed by atoms with E-state index >= 15 is 0 Å². The number of benzene rings is 1. The van der Waals surface area contributed by atoms with E-state index < -0.39 is 17.8 Å². The summed E-state index contributed by atoms with van der Waals surface area (Å²) in [6.45, 7) is 1.76. The number of nitrogens with two attached hydrogens (primary N) is 1. The first-order chi connectivity index (χ1) is 9.77. The Kier molecular flexibility index (Phi) is 4.95. The lowest BCUT2D eigenvalue weighted by atomic mass is 10.1. The molecule has 0 radical (unpaired) electrons. The summed E-state index contributed by atoms with van der Waals surface area (Å²) in [6.07, 6.45) is -4.89. The van der Waals surface area contributed by atoms with Gasteiger partial charge in [-0.1, -0.05) is 6.07 Å². The zero-order valence-corrected chi connectivity index (χ0v) is 13.4. The normalized spacial score (nSPS) is 14.8. The summed E-state index contributed by atoms with van der Waals surface area (Å²) in [6, 6.07) is 6.30. The van der Waals surface area contributed by atoms with Crippen molar-refractivity contribution < 1.29 is 17.9 Å². The molecule has 0 saturated carbocycles. The van der Waals surface area contributed by atoms with E-state index in [9.17, 15) is 13.2 Å². The Hall–Kier alpha value is -1.05. The molecular formula is C14H13BrF3NOS. The van der Waals surface area contributed by atoms with Gasteiger partial charge in [-0.3, -0.25) is 0 Å². The maximum absolute atomic E-state index is 12.7. The summed E-state index contributed by atoms with van der Waals surface area (Å²) in [4.78, 5) is 0.856. The second kappa shape index (κ2) is 6.37. The summed E-state index contributed by atoms with van der Waals surface area (Å²) in [5.41, 5.74) is 5.15. The molecule has 1 heterocycles. The van der Waals surface area contributed by atoms with Gasteiger partial charge in [-0.05, 0) is 47.1 Å². The van der Waals surface area contributed by atoms with Gasteiger partial charge < -0.3 is 10.5 Å². The van der Waals surface area contributed by atoms with Crippen molar-refractivity contribution in [2.45, 2.75) is 25.2 Å². The van der Waals surface area contributed by atoms with Gasteiger partial charge in [0.25, 0.3) is 0 Å². The van der Waals surface area contributed by atoms with E-state index in [4.69, 9.17) is 10.5 Å². The molecule has 0 spiro atoms. The number of rotatable bonds is 4. The number of thiophene rings is 1. The van der Waals surface area contributed by atoms with Crippen LogP contribution < -0.4 is 10.5 Å². The van der Waals surface area contributed by atoms with Crippen LogP contribution in [0.3, 0.4) is 0 Å². The predicted octanol–water partition coefficient (Wildman–Crippen LogP) is 5.00. The summed E-state index contributed by atoms with van der Waals surface area (Å²) in [7, 11) is 0. The molecule has 1 aromatic heterocycles. The minimum atomic E-state index is -4.39. The first-order valence-corrected chi connectivity index (χ1v) is 7.78. The van der Waals surface area contributed by atoms with Gasteiger partial charge in [0.15, 0.2) is 0 Å². The first kappa shape index (κ1) is 16.3. The van der Waals surface area contributed by atoms with Gasteiger partial charge in [-0.25, -0.2) is 0 Å². The van der Waals surface area contributed by atoms with Crippen LogP contribution in [0.25, 0.3) is 0 Å². The molecule has 2 unspecified atom stereocenters. The summed E-state index contributed by atoms with van der Waals surface area (Å²) < 4.78 is 44.7. The Morgan fingerprint density at radius 1 is 1.29 bits per heavy atom. The standard InChI is InChI=1S/C14H13BrF3NOS/c1-8(19)13(12-6-10(15)7-21-12)20-11-4-2-3-9(5-11)14(16,17)18/h2-8,13H,19H2,1H3. The minimum absolute atomic E-state index is 0.150. The SMILES string of the molecule is CC(N)C(Oc1cccc(C(F)(F)F)c1)c1cc(Br)cs1. The molecule has 114 valence electrons. The van der Waals surface area contributed by atoms with Gasteiger partial charge in [0.1, 0.15) is 11.9 Å². The maximum atomic E-state index is 12.7. The number of ether oxygens (including phenoxy) is 1. The van der Waals surface area contributed by atoms with E-state index in [1.54, 1.807) is 6.92 Å². The molecule has 2 rings (SSSR count). The van der Waals surface area contributed by atoms with Gasteiger partial charge >= 0.3 is 6.18 Å². The van der Waals surface area contributed by atoms with Gasteiger partial charge in [0.05, 0.1) is 5.56 Å². The van der Waals surface area contributed by atoms with E-state index in [1.807, 2.05) is 11.4 Å². The fourth-order valence-corrected chi connectivity index (χ4v) is 3.38. The molecule has 0 fully saturated rings. The summed E-state index contributed by atoms with van der Waals surface area (Å²) >= 11 is 4.78. The monoisotopic (exact) mass is 379 g/mol. The maximum Gasteiger partial charge on any atom is 0.416 e. The van der Waals surface area contributed by atoms with E-state index in [0.29, 0.717) is 0 Å². The Morgan fingerprint density at radius 3 is 2.52 bits per heavy atom. The zero-order chi connectivity index (χ0) is 15.6. The van der Waals surface area contributed by atoms with Crippen molar-refractivity contribution in [1.82, 2.24) is 0 Å². The molecule has 0 bridgehead atoms. The molecular weight excluding hydrogens is 367 g/mol. The second-order valence-corrected chi connectivity index (χ2v) is 6.45. The summed E-state index contributed by atoms with van der Waals surface area (Å²) in [5.74, 6) is 0.150. The van der Waals surface area contributed by atoms with Crippen molar-refractivity contribution in [3.8, 4) is 5.75 Å². The average Bonchev–Trinajstić information content (AvgIpc) is 2.81. The molecule has 0 aliphatic carbocycles. The highest BCUT2D eigenvalue weighted by Crippen LogP contribution is 2.34. The van der Waals surface area contributed by atoms with Crippen LogP contribution in [0.15, 0.2) is 40.2 Å². The molecule has 0 aliphatic heterocycles. The molecule has 0 saturated heterocycles. The van der Waals surface area contributed by atoms with Crippen molar-refractivity contribution >= 4 is 27.3 Å². The van der Waals surface area contributed by atoms with Gasteiger partial charge in [0, 0.05) is 20.8 Å². The number of hydrogen-bond donors (Lipinski definition) is 1. The van der Waals surface area contributed by atoms with Crippen LogP contribution in [0.5, 0.6) is 5.75 Å². The molecule has 2 N–H and O–H groups in total. The Labute approximate surface area is 132 Å². The Bertz CT molecular complexity index is 612. The smallest absolute Gasteiger partial charge is 0.416 e. The molecule has 21 heavy (non-hydrogen) atoms. The van der Waals surface area contributed by atoms with Crippen LogP contribution in [0, 0.1) is 0 Å². The van der Waals surface area contributed by atoms with Gasteiger partial charge in [-0.2, -0.15) is 13.2 Å². The van der Waals surface area contributed by atoms with Gasteiger partial charge in [-0.15, -0.1) is 11.3 Å². The van der Waals surface area contributed by atoms with Crippen LogP contribution in [0.4, 0.5) is 13.2 Å². The molecule has 0 aliphatic rings. The van der Waals surface area contributed by atoms with Crippen molar-refractivity contribution in [2.24, 2.45) is 5.73 Å². The van der Waals surface area contributed by atoms with Crippen LogP contribution in [-0.4, -0.2) is 6.04 Å². The third-order valence-electron chi connectivity index (χ3n) is 2.77. The Morgan fingerprint density at radius 2 is 2.00 bits per heavy atom. The molecule has 2 nitrogen and oxygen atoms in total. The number of alkyl halides is 3. The fraction of sp³-hybridized carbons (Fsp3) is 0.286. The third kappa shape index (κ3) is 4.21. The number of halogens is 4. The highest BCUT2D eigenvalue weighted by atomic mass is 79.9. The van der Waals surface area contributed by atoms with Crippen LogP contribution in [0.1, 0.15) is 23.5 Å². The van der Waals surface area contributed by atoms with E-state index in [2.05, 4.69) is 15.9 Å². The quantitative estimate of drug-likeness (QED) is 0.811. The fourth-order valence-electron chi connectivity index (χ4n) is 1.79. The van der Waals surface area contributed by atoms with Crippen molar-refractivity contribution in [3.05, 3.63) is 50.6 Å². The second-order valence-electron chi connectivity index (χ2n) is 4.59. The first-order valence-electron chi connectivity index (χ1n) is 6.11. The van der Waals surface area contributed by atoms with Crippen molar-refractivity contribution in [2.75, 3.05) is 0 Å². The highest BCUT2D eigenvalue weighted by Gasteiger charge is 2.31. The van der Waals surface area contributed by atoms with E-state index in [-0.39, 0.29) is 11.8 Å². The van der Waals surface area contributed by atoms with Crippen LogP contribution >= 0.6 is 27.3 Å². The lowest BCUT2D eigenvalue weighted by Gasteiger charge is -2.22. The molecule has 7 heteroatoms. The Balaban J connectivity index is 2.26. The largest absolute Gasteiger partial charge is 0.483 e. The molecule has 1 aromatic carbocycles. The topological polar surface area (TPSA) is 35.2 Å². The zero-order valence-electron chi connectivity index (χ0n) is 11.0. The van der Waals surface area contributed by atoms with Crippen molar-refractivity contribution in [3.63, 3.8) is 0 Å². The van der Waals surface area contributed by atoms with Crippen LogP contribution in [0.2, 0.25) is 0 Å². The average molecular weight is 380 g/mol. The lowest BCUT2D eigenvalue weighted by Crippen LogP contribution is -2.28. The van der Waals surface area contributed by atoms with Crippen LogP contribution in [-0.2, 0) is 6.18 Å². The molecule has 2 atom stereocenters. The number of hydrogen-bond acceptors (Lipinski definition) is 3.